The highest BCUT2D eigenvalue weighted by Crippen LogP contribution is 2.67. The summed E-state index contributed by atoms with van der Waals surface area (Å²) in [6, 6.07) is 74.1. The number of benzene rings is 11. The first-order valence-corrected chi connectivity index (χ1v) is 24.6. The Balaban J connectivity index is 0.977. The van der Waals surface area contributed by atoms with Crippen LogP contribution in [0.25, 0.3) is 109 Å². The van der Waals surface area contributed by atoms with E-state index in [4.69, 9.17) is 0 Å². The van der Waals surface area contributed by atoms with E-state index >= 15 is 0 Å². The molecule has 11 aromatic rings. The molecule has 0 aromatic heterocycles. The smallest absolute Gasteiger partial charge is 0.0318 e. The van der Waals surface area contributed by atoms with Gasteiger partial charge in [-0.15, -0.1) is 0 Å². The first-order chi connectivity index (χ1) is 32.8. The fourth-order valence-corrected chi connectivity index (χ4v) is 14.1. The van der Waals surface area contributed by atoms with Crippen molar-refractivity contribution in [3.63, 3.8) is 0 Å². The van der Waals surface area contributed by atoms with Gasteiger partial charge in [-0.2, -0.15) is 0 Å². The first kappa shape index (κ1) is 41.0. The summed E-state index contributed by atoms with van der Waals surface area (Å²) in [6.45, 7) is 19.6. The summed E-state index contributed by atoms with van der Waals surface area (Å²) >= 11 is 0. The van der Waals surface area contributed by atoms with Crippen molar-refractivity contribution in [2.75, 3.05) is 0 Å². The Morgan fingerprint density at radius 2 is 0.765 bits per heavy atom. The maximum atomic E-state index is 2.53. The molecule has 0 atom stereocenters. The van der Waals surface area contributed by atoms with Gasteiger partial charge in [-0.25, -0.2) is 0 Å². The van der Waals surface area contributed by atoms with Crippen LogP contribution in [0.2, 0.25) is 0 Å². The van der Waals surface area contributed by atoms with Crippen LogP contribution >= 0.6 is 0 Å². The van der Waals surface area contributed by atoms with Gasteiger partial charge in [0.15, 0.2) is 0 Å². The summed E-state index contributed by atoms with van der Waals surface area (Å²) in [5.74, 6) is 0. The monoisotopic (exact) mass is 872 g/mol. The van der Waals surface area contributed by atoms with Crippen molar-refractivity contribution < 1.29 is 0 Å². The molecule has 0 radical (unpaired) electrons. The van der Waals surface area contributed by atoms with Crippen LogP contribution in [0.3, 0.4) is 0 Å². The van der Waals surface area contributed by atoms with Crippen LogP contribution in [-0.2, 0) is 10.8 Å². The van der Waals surface area contributed by atoms with Crippen molar-refractivity contribution in [3.05, 3.63) is 216 Å². The van der Waals surface area contributed by atoms with E-state index in [0.717, 1.165) is 0 Å². The molecule has 0 unspecified atom stereocenters. The van der Waals surface area contributed by atoms with E-state index in [1.165, 1.54) is 132 Å². The van der Waals surface area contributed by atoms with Crippen molar-refractivity contribution >= 4 is 53.9 Å². The molecule has 0 nitrogen and oxygen atoms in total. The Morgan fingerprint density at radius 1 is 0.294 bits per heavy atom. The van der Waals surface area contributed by atoms with Gasteiger partial charge in [-0.3, -0.25) is 0 Å². The summed E-state index contributed by atoms with van der Waals surface area (Å²) in [5.41, 5.74) is 18.3. The van der Waals surface area contributed by atoms with Crippen LogP contribution in [0.1, 0.15) is 77.6 Å². The van der Waals surface area contributed by atoms with Crippen molar-refractivity contribution in [2.24, 2.45) is 10.8 Å². The summed E-state index contributed by atoms with van der Waals surface area (Å²) in [7, 11) is 0. The Labute approximate surface area is 400 Å². The molecule has 328 valence electrons. The minimum Gasteiger partial charge on any atom is -0.0619 e. The van der Waals surface area contributed by atoms with Crippen LogP contribution in [-0.4, -0.2) is 0 Å². The van der Waals surface area contributed by atoms with Crippen LogP contribution in [0.5, 0.6) is 0 Å². The fourth-order valence-electron chi connectivity index (χ4n) is 14.1. The average Bonchev–Trinajstić information content (AvgIpc) is 3.78. The second-order valence-electron chi connectivity index (χ2n) is 22.4. The highest BCUT2D eigenvalue weighted by molar-refractivity contribution is 6.22. The number of hydrogen-bond donors (Lipinski definition) is 0. The third-order valence-electron chi connectivity index (χ3n) is 16.5. The third kappa shape index (κ3) is 5.44. The molecule has 0 saturated carbocycles. The van der Waals surface area contributed by atoms with Crippen LogP contribution in [0, 0.1) is 10.8 Å². The molecule has 0 spiro atoms. The predicted octanol–water partition coefficient (Wildman–Crippen LogP) is 19.1. The molecule has 0 saturated heterocycles. The number of fused-ring (bicyclic) bond motifs is 14. The Kier molecular flexibility index (Phi) is 8.51. The van der Waals surface area contributed by atoms with Gasteiger partial charge in [0.05, 0.1) is 0 Å². The van der Waals surface area contributed by atoms with E-state index in [0.29, 0.717) is 0 Å². The molecule has 2 aliphatic rings. The molecule has 0 heteroatoms. The quantitative estimate of drug-likeness (QED) is 0.123. The molecule has 11 aromatic carbocycles. The molecule has 0 heterocycles. The van der Waals surface area contributed by atoms with E-state index in [1.54, 1.807) is 0 Å². The molecule has 0 N–H and O–H groups in total. The molecular formula is C68H56. The van der Waals surface area contributed by atoms with Gasteiger partial charge in [-0.05, 0) is 167 Å². The fraction of sp³-hybridized carbons (Fsp3) is 0.176. The zero-order chi connectivity index (χ0) is 46.5. The van der Waals surface area contributed by atoms with E-state index < -0.39 is 0 Å². The highest BCUT2D eigenvalue weighted by atomic mass is 14.6. The lowest BCUT2D eigenvalue weighted by Crippen LogP contribution is -2.50. The summed E-state index contributed by atoms with van der Waals surface area (Å²) < 4.78 is 0. The molecule has 0 amide bonds. The minimum atomic E-state index is -0.260. The third-order valence-corrected chi connectivity index (χ3v) is 16.5. The molecule has 13 rings (SSSR count). The van der Waals surface area contributed by atoms with E-state index in [9.17, 15) is 0 Å². The maximum absolute atomic E-state index is 2.53. The normalized spacial score (nSPS) is 14.7. The van der Waals surface area contributed by atoms with E-state index in [-0.39, 0.29) is 21.7 Å². The standard InChI is InChI=1S/C68H56/c1-65(2,3)68(66(4,5)6)60-39-44-20-10-9-19-43(44)38-57(60)63-50-23-12-11-21-47(50)56-37-45(33-36-55(56)64(63)68)41-29-31-42(32-30-41)61-51-24-13-15-26-53(51)62(54-27-16-14-25-52(54)61)46-34-35-49-48-22-17-18-28-58(48)67(7,8)59(49)40-46/h9-40H,1-8H3. The van der Waals surface area contributed by atoms with Gasteiger partial charge in [0, 0.05) is 10.8 Å². The van der Waals surface area contributed by atoms with Gasteiger partial charge in [0.2, 0.25) is 0 Å². The Hall–Kier alpha value is -7.28. The van der Waals surface area contributed by atoms with E-state index in [2.05, 4.69) is 250 Å². The molecule has 68 heavy (non-hydrogen) atoms. The van der Waals surface area contributed by atoms with Crippen LogP contribution in [0.4, 0.5) is 0 Å². The van der Waals surface area contributed by atoms with Gasteiger partial charge in [-0.1, -0.05) is 225 Å². The second kappa shape index (κ2) is 14.1. The largest absolute Gasteiger partial charge is 0.0619 e. The van der Waals surface area contributed by atoms with Crippen molar-refractivity contribution in [2.45, 2.75) is 66.2 Å². The van der Waals surface area contributed by atoms with Gasteiger partial charge >= 0.3 is 0 Å². The van der Waals surface area contributed by atoms with Crippen LogP contribution < -0.4 is 0 Å². The van der Waals surface area contributed by atoms with Gasteiger partial charge in [0.1, 0.15) is 0 Å². The number of rotatable bonds is 3. The first-order valence-electron chi connectivity index (χ1n) is 24.6. The second-order valence-corrected chi connectivity index (χ2v) is 22.4. The zero-order valence-electron chi connectivity index (χ0n) is 40.5. The lowest BCUT2D eigenvalue weighted by molar-refractivity contribution is 0.0965. The average molecular weight is 873 g/mol. The summed E-state index contributed by atoms with van der Waals surface area (Å²) in [6.07, 6.45) is 0. The highest BCUT2D eigenvalue weighted by Gasteiger charge is 2.58. The van der Waals surface area contributed by atoms with E-state index in [1.807, 2.05) is 0 Å². The zero-order valence-corrected chi connectivity index (χ0v) is 40.5. The lowest BCUT2D eigenvalue weighted by atomic mass is 9.49. The topological polar surface area (TPSA) is 0 Å². The molecule has 0 fully saturated rings. The number of hydrogen-bond acceptors (Lipinski definition) is 0. The minimum absolute atomic E-state index is 0.0712. The predicted molar refractivity (Wildman–Crippen MR) is 293 cm³/mol. The van der Waals surface area contributed by atoms with Gasteiger partial charge in [0.25, 0.3) is 0 Å². The summed E-state index contributed by atoms with van der Waals surface area (Å²) in [4.78, 5) is 0. The van der Waals surface area contributed by atoms with Gasteiger partial charge < -0.3 is 0 Å². The van der Waals surface area contributed by atoms with Crippen molar-refractivity contribution in [3.8, 4) is 55.6 Å². The molecule has 0 aliphatic heterocycles. The van der Waals surface area contributed by atoms with Crippen molar-refractivity contribution in [1.82, 2.24) is 0 Å². The van der Waals surface area contributed by atoms with Crippen molar-refractivity contribution in [1.29, 1.82) is 0 Å². The SMILES string of the molecule is CC1(C)c2ccccc2-c2ccc(-c3c4ccccc4c(-c4ccc(-c5ccc6c7c(c8ccccc8c6c5)-c5cc6ccccc6cc5C7(C(C)(C)C)C(C)(C)C)cc4)c4ccccc34)cc21. The van der Waals surface area contributed by atoms with Crippen LogP contribution in [0.15, 0.2) is 194 Å². The lowest BCUT2D eigenvalue weighted by Gasteiger charge is -2.53. The molecule has 2 aliphatic carbocycles. The molecule has 0 bridgehead atoms. The molecular weight excluding hydrogens is 817 g/mol. The Bertz CT molecular complexity index is 3860. The summed E-state index contributed by atoms with van der Waals surface area (Å²) in [5, 5.41) is 13.1. The maximum Gasteiger partial charge on any atom is 0.0318 e. The Morgan fingerprint density at radius 3 is 1.38 bits per heavy atom.